The van der Waals surface area contributed by atoms with Crippen LogP contribution in [-0.2, 0) is 9.53 Å². The highest BCUT2D eigenvalue weighted by Crippen LogP contribution is 2.08. The molecule has 3 heteroatoms. The molecule has 2 atom stereocenters. The number of esters is 1. The van der Waals surface area contributed by atoms with E-state index in [4.69, 9.17) is 4.74 Å². The average Bonchev–Trinajstić information content (AvgIpc) is 2.73. The van der Waals surface area contributed by atoms with E-state index in [-0.39, 0.29) is 18.1 Å². The fraction of sp³-hybridized carbons (Fsp3) is 0.909. The first kappa shape index (κ1) is 13.4. The van der Waals surface area contributed by atoms with Gasteiger partial charge in [-0.25, -0.2) is 0 Å². The van der Waals surface area contributed by atoms with Crippen LogP contribution in [0.25, 0.3) is 0 Å². The summed E-state index contributed by atoms with van der Waals surface area (Å²) in [5.74, 6) is -0.0816. The number of hydrogen-bond donors (Lipinski definition) is 1. The quantitative estimate of drug-likeness (QED) is 0.711. The van der Waals surface area contributed by atoms with Gasteiger partial charge in [0.1, 0.15) is 6.04 Å². The molecule has 0 saturated carbocycles. The fourth-order valence-corrected chi connectivity index (χ4v) is 1.25. The summed E-state index contributed by atoms with van der Waals surface area (Å²) in [6.45, 7) is 8.88. The second-order valence-corrected chi connectivity index (χ2v) is 3.30. The number of carbonyl (C=O) groups excluding carboxylic acids is 1. The Hall–Kier alpha value is -0.570. The second-order valence-electron chi connectivity index (χ2n) is 3.30. The van der Waals surface area contributed by atoms with Crippen molar-refractivity contribution in [2.75, 3.05) is 6.54 Å². The molecule has 84 valence electrons. The largest absolute Gasteiger partial charge is 0.462 e. The first-order chi connectivity index (χ1) is 6.74. The van der Waals surface area contributed by atoms with E-state index in [2.05, 4.69) is 5.32 Å². The van der Waals surface area contributed by atoms with E-state index in [0.717, 1.165) is 25.8 Å². The number of hydrogen-bond acceptors (Lipinski definition) is 3. The minimum atomic E-state index is -0.0816. The van der Waals surface area contributed by atoms with Crippen LogP contribution in [0, 0.1) is 0 Å². The fourth-order valence-electron chi connectivity index (χ4n) is 1.25. The molecule has 0 aromatic heterocycles. The summed E-state index contributed by atoms with van der Waals surface area (Å²) in [6.07, 6.45) is 2.95. The van der Waals surface area contributed by atoms with Gasteiger partial charge in [0.25, 0.3) is 0 Å². The Morgan fingerprint density at radius 3 is 2.64 bits per heavy atom. The average molecular weight is 201 g/mol. The molecule has 3 nitrogen and oxygen atoms in total. The summed E-state index contributed by atoms with van der Waals surface area (Å²) in [4.78, 5) is 11.3. The minimum Gasteiger partial charge on any atom is -0.462 e. The molecule has 0 aliphatic carbocycles. The van der Waals surface area contributed by atoms with Crippen LogP contribution in [0.3, 0.4) is 0 Å². The molecule has 1 fully saturated rings. The van der Waals surface area contributed by atoms with Crippen molar-refractivity contribution in [2.24, 2.45) is 0 Å². The zero-order valence-corrected chi connectivity index (χ0v) is 9.80. The third-order valence-electron chi connectivity index (χ3n) is 2.24. The topological polar surface area (TPSA) is 38.3 Å². The van der Waals surface area contributed by atoms with Crippen LogP contribution in [-0.4, -0.2) is 24.7 Å². The number of nitrogens with one attached hydrogen (secondary N) is 1. The summed E-state index contributed by atoms with van der Waals surface area (Å²) in [5, 5.41) is 3.11. The summed E-state index contributed by atoms with van der Waals surface area (Å²) in [7, 11) is 0. The van der Waals surface area contributed by atoms with Gasteiger partial charge in [0, 0.05) is 0 Å². The Kier molecular flexibility index (Phi) is 7.48. The smallest absolute Gasteiger partial charge is 0.323 e. The van der Waals surface area contributed by atoms with Gasteiger partial charge in [0.05, 0.1) is 6.10 Å². The van der Waals surface area contributed by atoms with E-state index in [9.17, 15) is 4.79 Å². The van der Waals surface area contributed by atoms with E-state index >= 15 is 0 Å². The first-order valence-electron chi connectivity index (χ1n) is 5.68. The van der Waals surface area contributed by atoms with Crippen LogP contribution in [0.5, 0.6) is 0 Å². The highest BCUT2D eigenvalue weighted by atomic mass is 16.5. The third-order valence-corrected chi connectivity index (χ3v) is 2.24. The molecule has 1 N–H and O–H groups in total. The minimum absolute atomic E-state index is 0.0426. The molecular weight excluding hydrogens is 178 g/mol. The molecule has 2 unspecified atom stereocenters. The SMILES string of the molecule is CC.CCC(C)OC(=O)C1CCCN1. The van der Waals surface area contributed by atoms with Crippen LogP contribution >= 0.6 is 0 Å². The van der Waals surface area contributed by atoms with Crippen LogP contribution in [0.15, 0.2) is 0 Å². The summed E-state index contributed by atoms with van der Waals surface area (Å²) < 4.78 is 5.18. The van der Waals surface area contributed by atoms with E-state index < -0.39 is 0 Å². The van der Waals surface area contributed by atoms with Crippen LogP contribution in [0.2, 0.25) is 0 Å². The molecule has 1 heterocycles. The van der Waals surface area contributed by atoms with E-state index in [1.165, 1.54) is 0 Å². The Balaban J connectivity index is 0.000000791. The maximum absolute atomic E-state index is 11.3. The lowest BCUT2D eigenvalue weighted by atomic mass is 10.2. The zero-order chi connectivity index (χ0) is 11.0. The second kappa shape index (κ2) is 7.80. The molecule has 0 bridgehead atoms. The number of ether oxygens (including phenoxy) is 1. The van der Waals surface area contributed by atoms with Crippen molar-refractivity contribution in [3.05, 3.63) is 0 Å². The molecule has 0 radical (unpaired) electrons. The van der Waals surface area contributed by atoms with Crippen molar-refractivity contribution >= 4 is 5.97 Å². The van der Waals surface area contributed by atoms with Crippen molar-refractivity contribution < 1.29 is 9.53 Å². The molecule has 1 rings (SSSR count). The molecule has 0 spiro atoms. The maximum atomic E-state index is 11.3. The van der Waals surface area contributed by atoms with Gasteiger partial charge in [0.2, 0.25) is 0 Å². The summed E-state index contributed by atoms with van der Waals surface area (Å²) in [5.41, 5.74) is 0. The zero-order valence-electron chi connectivity index (χ0n) is 9.80. The third kappa shape index (κ3) is 4.61. The van der Waals surface area contributed by atoms with Gasteiger partial charge in [-0.1, -0.05) is 20.8 Å². The Bertz CT molecular complexity index is 153. The van der Waals surface area contributed by atoms with Crippen LogP contribution < -0.4 is 5.32 Å². The lowest BCUT2D eigenvalue weighted by Crippen LogP contribution is -2.34. The molecule has 0 amide bonds. The molecule has 1 aliphatic heterocycles. The van der Waals surface area contributed by atoms with Gasteiger partial charge in [0.15, 0.2) is 0 Å². The standard InChI is InChI=1S/C9H17NO2.C2H6/c1-3-7(2)12-9(11)8-5-4-6-10-8;1-2/h7-8,10H,3-6H2,1-2H3;1-2H3. The van der Waals surface area contributed by atoms with Crippen molar-refractivity contribution in [3.63, 3.8) is 0 Å². The van der Waals surface area contributed by atoms with E-state index in [1.807, 2.05) is 27.7 Å². The lowest BCUT2D eigenvalue weighted by Gasteiger charge is -2.14. The molecule has 0 aromatic carbocycles. The Labute approximate surface area is 87.2 Å². The van der Waals surface area contributed by atoms with Gasteiger partial charge in [-0.3, -0.25) is 4.79 Å². The van der Waals surface area contributed by atoms with Crippen molar-refractivity contribution in [2.45, 2.75) is 59.1 Å². The molecule has 0 aromatic rings. The Morgan fingerprint density at radius 2 is 2.21 bits per heavy atom. The Morgan fingerprint density at radius 1 is 1.57 bits per heavy atom. The van der Waals surface area contributed by atoms with Gasteiger partial charge < -0.3 is 10.1 Å². The van der Waals surface area contributed by atoms with Crippen molar-refractivity contribution in [1.29, 1.82) is 0 Å². The van der Waals surface area contributed by atoms with Crippen LogP contribution in [0.4, 0.5) is 0 Å². The molecule has 1 saturated heterocycles. The predicted octanol–water partition coefficient (Wildman–Crippen LogP) is 2.11. The van der Waals surface area contributed by atoms with Gasteiger partial charge in [-0.2, -0.15) is 0 Å². The highest BCUT2D eigenvalue weighted by molar-refractivity contribution is 5.76. The van der Waals surface area contributed by atoms with Crippen molar-refractivity contribution in [1.82, 2.24) is 5.32 Å². The van der Waals surface area contributed by atoms with Crippen molar-refractivity contribution in [3.8, 4) is 0 Å². The predicted molar refractivity (Wildman–Crippen MR) is 58.2 cm³/mol. The lowest BCUT2D eigenvalue weighted by molar-refractivity contribution is -0.150. The monoisotopic (exact) mass is 201 g/mol. The van der Waals surface area contributed by atoms with Gasteiger partial charge in [-0.05, 0) is 32.7 Å². The highest BCUT2D eigenvalue weighted by Gasteiger charge is 2.24. The van der Waals surface area contributed by atoms with E-state index in [1.54, 1.807) is 0 Å². The van der Waals surface area contributed by atoms with E-state index in [0.29, 0.717) is 0 Å². The molecule has 1 aliphatic rings. The number of rotatable bonds is 3. The molecule has 14 heavy (non-hydrogen) atoms. The van der Waals surface area contributed by atoms with Gasteiger partial charge >= 0.3 is 5.97 Å². The van der Waals surface area contributed by atoms with Gasteiger partial charge in [-0.15, -0.1) is 0 Å². The molecular formula is C11H23NO2. The normalized spacial score (nSPS) is 22.1. The number of carbonyl (C=O) groups is 1. The first-order valence-corrected chi connectivity index (χ1v) is 5.68. The van der Waals surface area contributed by atoms with Crippen LogP contribution in [0.1, 0.15) is 47.0 Å². The maximum Gasteiger partial charge on any atom is 0.323 e. The summed E-state index contributed by atoms with van der Waals surface area (Å²) in [6, 6.07) is -0.0426. The summed E-state index contributed by atoms with van der Waals surface area (Å²) >= 11 is 0.